The smallest absolute Gasteiger partial charge is 0.135 e. The molecule has 6 nitrogen and oxygen atoms in total. The molecule has 3 rings (SSSR count). The van der Waals surface area contributed by atoms with Gasteiger partial charge in [-0.3, -0.25) is 4.90 Å². The molecule has 1 aromatic carbocycles. The fourth-order valence-corrected chi connectivity index (χ4v) is 2.78. The molecule has 0 atom stereocenters. The minimum Gasteiger partial charge on any atom is -0.379 e. The van der Waals surface area contributed by atoms with Gasteiger partial charge in [-0.1, -0.05) is 29.3 Å². The van der Waals surface area contributed by atoms with Crippen LogP contribution < -0.4 is 10.6 Å². The number of nitrogens with one attached hydrogen (secondary N) is 2. The standard InChI is InChI=1S/C16H19Cl2N5O/c17-12-2-1-3-13(16(12)18)22-15-10-14(20-11-21-15)19-4-5-23-6-8-24-9-7-23/h1-3,10-11H,4-9H2,(H2,19,20,21,22). The molecule has 24 heavy (non-hydrogen) atoms. The SMILES string of the molecule is Clc1cccc(Nc2cc(NCCN3CCOCC3)ncn2)c1Cl. The number of hydrogen-bond acceptors (Lipinski definition) is 6. The lowest BCUT2D eigenvalue weighted by molar-refractivity contribution is 0.0398. The molecule has 128 valence electrons. The van der Waals surface area contributed by atoms with Crippen molar-refractivity contribution in [1.29, 1.82) is 0 Å². The van der Waals surface area contributed by atoms with E-state index in [0.717, 1.165) is 45.2 Å². The number of rotatable bonds is 6. The Morgan fingerprint density at radius 3 is 2.75 bits per heavy atom. The van der Waals surface area contributed by atoms with Crippen LogP contribution in [-0.2, 0) is 4.74 Å². The average Bonchev–Trinajstić information content (AvgIpc) is 2.60. The van der Waals surface area contributed by atoms with Crippen molar-refractivity contribution < 1.29 is 4.74 Å². The molecule has 2 aromatic rings. The normalized spacial score (nSPS) is 15.2. The third kappa shape index (κ3) is 4.70. The van der Waals surface area contributed by atoms with Crippen molar-refractivity contribution in [2.24, 2.45) is 0 Å². The van der Waals surface area contributed by atoms with Crippen LogP contribution in [0.4, 0.5) is 17.3 Å². The Morgan fingerprint density at radius 1 is 1.12 bits per heavy atom. The van der Waals surface area contributed by atoms with E-state index in [1.54, 1.807) is 6.07 Å². The summed E-state index contributed by atoms with van der Waals surface area (Å²) in [6, 6.07) is 7.27. The number of benzene rings is 1. The van der Waals surface area contributed by atoms with E-state index < -0.39 is 0 Å². The van der Waals surface area contributed by atoms with Crippen molar-refractivity contribution >= 4 is 40.5 Å². The van der Waals surface area contributed by atoms with E-state index >= 15 is 0 Å². The monoisotopic (exact) mass is 367 g/mol. The second kappa shape index (κ2) is 8.48. The van der Waals surface area contributed by atoms with Gasteiger partial charge < -0.3 is 15.4 Å². The molecule has 0 radical (unpaired) electrons. The summed E-state index contributed by atoms with van der Waals surface area (Å²) in [7, 11) is 0. The molecule has 0 bridgehead atoms. The zero-order chi connectivity index (χ0) is 16.8. The fraction of sp³-hybridized carbons (Fsp3) is 0.375. The molecular weight excluding hydrogens is 349 g/mol. The van der Waals surface area contributed by atoms with Gasteiger partial charge in [-0.2, -0.15) is 0 Å². The summed E-state index contributed by atoms with van der Waals surface area (Å²) < 4.78 is 5.34. The highest BCUT2D eigenvalue weighted by molar-refractivity contribution is 6.43. The molecule has 0 saturated carbocycles. The van der Waals surface area contributed by atoms with Gasteiger partial charge in [-0.05, 0) is 12.1 Å². The van der Waals surface area contributed by atoms with E-state index in [-0.39, 0.29) is 0 Å². The first-order valence-electron chi connectivity index (χ1n) is 7.79. The van der Waals surface area contributed by atoms with E-state index in [1.807, 2.05) is 18.2 Å². The van der Waals surface area contributed by atoms with Gasteiger partial charge >= 0.3 is 0 Å². The predicted molar refractivity (Wildman–Crippen MR) is 97.5 cm³/mol. The molecule has 1 saturated heterocycles. The maximum absolute atomic E-state index is 6.18. The van der Waals surface area contributed by atoms with E-state index in [4.69, 9.17) is 27.9 Å². The first-order valence-corrected chi connectivity index (χ1v) is 8.55. The zero-order valence-electron chi connectivity index (χ0n) is 13.1. The second-order valence-electron chi connectivity index (χ2n) is 5.40. The maximum Gasteiger partial charge on any atom is 0.135 e. The van der Waals surface area contributed by atoms with Crippen LogP contribution in [0.1, 0.15) is 0 Å². The zero-order valence-corrected chi connectivity index (χ0v) is 14.6. The lowest BCUT2D eigenvalue weighted by Crippen LogP contribution is -2.39. The van der Waals surface area contributed by atoms with Crippen molar-refractivity contribution in [2.75, 3.05) is 50.0 Å². The van der Waals surface area contributed by atoms with Crippen molar-refractivity contribution in [3.8, 4) is 0 Å². The number of anilines is 3. The van der Waals surface area contributed by atoms with Gasteiger partial charge in [0.25, 0.3) is 0 Å². The second-order valence-corrected chi connectivity index (χ2v) is 6.18. The van der Waals surface area contributed by atoms with Crippen LogP contribution in [-0.4, -0.2) is 54.3 Å². The number of nitrogens with zero attached hydrogens (tertiary/aromatic N) is 3. The Hall–Kier alpha value is -1.60. The molecule has 2 heterocycles. The molecule has 0 spiro atoms. The van der Waals surface area contributed by atoms with Crippen molar-refractivity contribution in [3.05, 3.63) is 40.6 Å². The number of morpholine rings is 1. The average molecular weight is 368 g/mol. The van der Waals surface area contributed by atoms with Crippen LogP contribution in [0.25, 0.3) is 0 Å². The summed E-state index contributed by atoms with van der Waals surface area (Å²) in [5.74, 6) is 1.42. The molecule has 0 unspecified atom stereocenters. The lowest BCUT2D eigenvalue weighted by atomic mass is 10.3. The minimum atomic E-state index is 0.472. The largest absolute Gasteiger partial charge is 0.379 e. The minimum absolute atomic E-state index is 0.472. The van der Waals surface area contributed by atoms with Crippen LogP contribution in [0, 0.1) is 0 Å². The Balaban J connectivity index is 1.56. The van der Waals surface area contributed by atoms with Gasteiger partial charge in [0.05, 0.1) is 28.9 Å². The number of ether oxygens (including phenoxy) is 1. The Kier molecular flexibility index (Phi) is 6.09. The van der Waals surface area contributed by atoms with Gasteiger partial charge in [0, 0.05) is 32.2 Å². The highest BCUT2D eigenvalue weighted by Gasteiger charge is 2.10. The summed E-state index contributed by atoms with van der Waals surface area (Å²) in [5, 5.41) is 7.44. The van der Waals surface area contributed by atoms with Crippen LogP contribution >= 0.6 is 23.2 Å². The predicted octanol–water partition coefficient (Wildman–Crippen LogP) is 3.27. The Labute approximate surface area is 151 Å². The van der Waals surface area contributed by atoms with Crippen molar-refractivity contribution in [3.63, 3.8) is 0 Å². The van der Waals surface area contributed by atoms with Gasteiger partial charge in [-0.25, -0.2) is 9.97 Å². The summed E-state index contributed by atoms with van der Waals surface area (Å²) in [4.78, 5) is 10.8. The molecule has 2 N–H and O–H groups in total. The first kappa shape index (κ1) is 17.2. The molecule has 1 aliphatic heterocycles. The first-order chi connectivity index (χ1) is 11.7. The van der Waals surface area contributed by atoms with E-state index in [1.165, 1.54) is 6.33 Å². The van der Waals surface area contributed by atoms with Crippen LogP contribution in [0.5, 0.6) is 0 Å². The van der Waals surface area contributed by atoms with Crippen LogP contribution in [0.15, 0.2) is 30.6 Å². The van der Waals surface area contributed by atoms with E-state index in [2.05, 4.69) is 25.5 Å². The summed E-state index contributed by atoms with van der Waals surface area (Å²) in [6.45, 7) is 5.34. The summed E-state index contributed by atoms with van der Waals surface area (Å²) in [6.07, 6.45) is 1.51. The van der Waals surface area contributed by atoms with Crippen LogP contribution in [0.3, 0.4) is 0 Å². The Bertz CT molecular complexity index is 679. The topological polar surface area (TPSA) is 62.3 Å². The van der Waals surface area contributed by atoms with Gasteiger partial charge in [0.2, 0.25) is 0 Å². The maximum atomic E-state index is 6.18. The molecule has 1 fully saturated rings. The number of halogens is 2. The molecule has 0 amide bonds. The molecular formula is C16H19Cl2N5O. The summed E-state index contributed by atoms with van der Waals surface area (Å²) >= 11 is 12.2. The number of aromatic nitrogens is 2. The van der Waals surface area contributed by atoms with Gasteiger partial charge in [-0.15, -0.1) is 0 Å². The molecule has 8 heteroatoms. The lowest BCUT2D eigenvalue weighted by Gasteiger charge is -2.26. The summed E-state index contributed by atoms with van der Waals surface area (Å²) in [5.41, 5.74) is 0.710. The highest BCUT2D eigenvalue weighted by Crippen LogP contribution is 2.31. The third-order valence-corrected chi connectivity index (χ3v) is 4.54. The highest BCUT2D eigenvalue weighted by atomic mass is 35.5. The quantitative estimate of drug-likeness (QED) is 0.816. The molecule has 1 aromatic heterocycles. The Morgan fingerprint density at radius 2 is 1.92 bits per heavy atom. The van der Waals surface area contributed by atoms with Crippen molar-refractivity contribution in [1.82, 2.24) is 14.9 Å². The van der Waals surface area contributed by atoms with Gasteiger partial charge in [0.15, 0.2) is 0 Å². The number of hydrogen-bond donors (Lipinski definition) is 2. The molecule has 0 aliphatic carbocycles. The van der Waals surface area contributed by atoms with E-state index in [9.17, 15) is 0 Å². The van der Waals surface area contributed by atoms with Crippen LogP contribution in [0.2, 0.25) is 10.0 Å². The van der Waals surface area contributed by atoms with Crippen molar-refractivity contribution in [2.45, 2.75) is 0 Å². The third-order valence-electron chi connectivity index (χ3n) is 3.72. The fourth-order valence-electron chi connectivity index (χ4n) is 2.43. The van der Waals surface area contributed by atoms with Gasteiger partial charge in [0.1, 0.15) is 18.0 Å². The molecule has 1 aliphatic rings. The van der Waals surface area contributed by atoms with E-state index in [0.29, 0.717) is 21.6 Å².